The lowest BCUT2D eigenvalue weighted by Crippen LogP contribution is -2.58. The summed E-state index contributed by atoms with van der Waals surface area (Å²) >= 11 is 0. The van der Waals surface area contributed by atoms with Gasteiger partial charge in [0.05, 0.1) is 20.1 Å². The maximum atomic E-state index is 11.8. The van der Waals surface area contributed by atoms with E-state index < -0.39 is 5.60 Å². The van der Waals surface area contributed by atoms with Crippen LogP contribution in [0.25, 0.3) is 0 Å². The highest BCUT2D eigenvalue weighted by atomic mass is 16.3. The summed E-state index contributed by atoms with van der Waals surface area (Å²) in [6.45, 7) is 4.43. The lowest BCUT2D eigenvalue weighted by Gasteiger charge is -2.45. The Morgan fingerprint density at radius 2 is 1.55 bits per heavy atom. The average Bonchev–Trinajstić information content (AvgIpc) is 3.03. The van der Waals surface area contributed by atoms with Crippen molar-refractivity contribution in [3.8, 4) is 0 Å². The molecule has 0 radical (unpaired) electrons. The van der Waals surface area contributed by atoms with E-state index in [1.807, 2.05) is 42.5 Å². The van der Waals surface area contributed by atoms with Crippen LogP contribution in [-0.4, -0.2) is 40.8 Å². The molecule has 1 aromatic heterocycles. The van der Waals surface area contributed by atoms with E-state index in [2.05, 4.69) is 19.0 Å². The normalized spacial score (nSPS) is 21.2. The Balaban J connectivity index is 2.11. The van der Waals surface area contributed by atoms with Gasteiger partial charge in [0, 0.05) is 25.2 Å². The number of likely N-dealkylation sites (tertiary alicyclic amines) is 1. The summed E-state index contributed by atoms with van der Waals surface area (Å²) in [6, 6.07) is 14.0. The van der Waals surface area contributed by atoms with E-state index in [-0.39, 0.29) is 6.04 Å². The van der Waals surface area contributed by atoms with Crippen LogP contribution in [0.2, 0.25) is 0 Å². The summed E-state index contributed by atoms with van der Waals surface area (Å²) in [4.78, 5) is 4.11. The number of quaternary nitrogens is 1. The maximum Gasteiger partial charge on any atom is 0.166 e. The van der Waals surface area contributed by atoms with Crippen molar-refractivity contribution in [2.24, 2.45) is 0 Å². The molecule has 0 bridgehead atoms. The van der Waals surface area contributed by atoms with Crippen molar-refractivity contribution in [3.63, 3.8) is 0 Å². The molecule has 0 spiro atoms. The second kappa shape index (κ2) is 5.82. The first-order chi connectivity index (χ1) is 10.6. The van der Waals surface area contributed by atoms with Crippen LogP contribution >= 0.6 is 0 Å². The van der Waals surface area contributed by atoms with E-state index >= 15 is 0 Å². The summed E-state index contributed by atoms with van der Waals surface area (Å²) < 4.78 is 0.910. The maximum absolute atomic E-state index is 11.8. The Hall–Kier alpha value is -1.71. The standard InChI is InChI=1S/C19H25N2O/c1-16(21(2)14-6-7-15-21)19(22,17-8-4-3-5-9-17)18-10-12-20-13-11-18/h3-5,8-13,16,22H,6-7,14-15H2,1-2H3/q+1. The molecule has 1 aromatic carbocycles. The van der Waals surface area contributed by atoms with Gasteiger partial charge < -0.3 is 9.59 Å². The number of likely N-dealkylation sites (N-methyl/N-ethyl adjacent to an activating group) is 1. The van der Waals surface area contributed by atoms with Crippen LogP contribution in [0, 0.1) is 0 Å². The van der Waals surface area contributed by atoms with Gasteiger partial charge in [-0.1, -0.05) is 30.3 Å². The smallest absolute Gasteiger partial charge is 0.166 e. The van der Waals surface area contributed by atoms with Gasteiger partial charge in [-0.15, -0.1) is 0 Å². The molecule has 1 fully saturated rings. The summed E-state index contributed by atoms with van der Waals surface area (Å²) in [5.74, 6) is 0. The average molecular weight is 297 g/mol. The Labute approximate surface area is 132 Å². The van der Waals surface area contributed by atoms with E-state index in [0.717, 1.165) is 28.7 Å². The van der Waals surface area contributed by atoms with Crippen molar-refractivity contribution in [3.05, 3.63) is 66.0 Å². The predicted octanol–water partition coefficient (Wildman–Crippen LogP) is 2.95. The number of hydrogen-bond acceptors (Lipinski definition) is 2. The molecule has 2 heterocycles. The minimum Gasteiger partial charge on any atom is -0.374 e. The third-order valence-electron chi connectivity index (χ3n) is 5.46. The molecule has 3 nitrogen and oxygen atoms in total. The molecule has 0 saturated carbocycles. The number of aromatic nitrogens is 1. The van der Waals surface area contributed by atoms with Crippen LogP contribution in [0.5, 0.6) is 0 Å². The highest BCUT2D eigenvalue weighted by Crippen LogP contribution is 2.39. The number of rotatable bonds is 4. The van der Waals surface area contributed by atoms with E-state index in [0.29, 0.717) is 0 Å². The Kier molecular flexibility index (Phi) is 4.02. The van der Waals surface area contributed by atoms with Crippen molar-refractivity contribution in [1.29, 1.82) is 0 Å². The zero-order valence-corrected chi connectivity index (χ0v) is 13.4. The fourth-order valence-corrected chi connectivity index (χ4v) is 3.84. The van der Waals surface area contributed by atoms with Crippen LogP contribution in [0.3, 0.4) is 0 Å². The highest BCUT2D eigenvalue weighted by Gasteiger charge is 2.49. The largest absolute Gasteiger partial charge is 0.374 e. The predicted molar refractivity (Wildman–Crippen MR) is 88.3 cm³/mol. The summed E-state index contributed by atoms with van der Waals surface area (Å²) in [6.07, 6.45) is 6.00. The Morgan fingerprint density at radius 3 is 2.14 bits per heavy atom. The van der Waals surface area contributed by atoms with Crippen molar-refractivity contribution >= 4 is 0 Å². The van der Waals surface area contributed by atoms with Crippen LogP contribution < -0.4 is 0 Å². The van der Waals surface area contributed by atoms with E-state index in [9.17, 15) is 5.11 Å². The number of nitrogens with zero attached hydrogens (tertiary/aromatic N) is 2. The van der Waals surface area contributed by atoms with E-state index in [1.165, 1.54) is 12.8 Å². The molecule has 2 unspecified atom stereocenters. The first-order valence-corrected chi connectivity index (χ1v) is 8.10. The van der Waals surface area contributed by atoms with E-state index in [1.54, 1.807) is 12.4 Å². The second-order valence-electron chi connectivity index (χ2n) is 6.68. The zero-order valence-electron chi connectivity index (χ0n) is 13.4. The van der Waals surface area contributed by atoms with Crippen molar-refractivity contribution in [1.82, 2.24) is 4.98 Å². The van der Waals surface area contributed by atoms with Crippen LogP contribution in [0.15, 0.2) is 54.9 Å². The quantitative estimate of drug-likeness (QED) is 0.880. The van der Waals surface area contributed by atoms with Crippen molar-refractivity contribution < 1.29 is 9.59 Å². The summed E-state index contributed by atoms with van der Waals surface area (Å²) in [7, 11) is 2.27. The molecule has 3 rings (SSSR count). The highest BCUT2D eigenvalue weighted by molar-refractivity contribution is 5.36. The number of hydrogen-bond donors (Lipinski definition) is 1. The van der Waals surface area contributed by atoms with E-state index in [4.69, 9.17) is 0 Å². The van der Waals surface area contributed by atoms with Crippen LogP contribution in [0.4, 0.5) is 0 Å². The van der Waals surface area contributed by atoms with Crippen LogP contribution in [0.1, 0.15) is 30.9 Å². The van der Waals surface area contributed by atoms with Gasteiger partial charge in [0.25, 0.3) is 0 Å². The second-order valence-corrected chi connectivity index (χ2v) is 6.68. The van der Waals surface area contributed by atoms with Gasteiger partial charge >= 0.3 is 0 Å². The summed E-state index contributed by atoms with van der Waals surface area (Å²) in [5.41, 5.74) is 0.885. The third kappa shape index (κ3) is 2.44. The molecular formula is C19H25N2O+. The van der Waals surface area contributed by atoms with Gasteiger partial charge in [-0.2, -0.15) is 0 Å². The van der Waals surface area contributed by atoms with Crippen molar-refractivity contribution in [2.45, 2.75) is 31.4 Å². The van der Waals surface area contributed by atoms with Gasteiger partial charge in [0.2, 0.25) is 0 Å². The minimum atomic E-state index is -0.997. The molecule has 116 valence electrons. The fraction of sp³-hybridized carbons (Fsp3) is 0.421. The van der Waals surface area contributed by atoms with Gasteiger partial charge in [-0.3, -0.25) is 4.98 Å². The topological polar surface area (TPSA) is 33.1 Å². The monoisotopic (exact) mass is 297 g/mol. The Bertz CT molecular complexity index is 566. The molecule has 22 heavy (non-hydrogen) atoms. The molecule has 3 heteroatoms. The summed E-state index contributed by atoms with van der Waals surface area (Å²) in [5, 5.41) is 11.8. The van der Waals surface area contributed by atoms with Gasteiger partial charge in [-0.05, 0) is 30.2 Å². The third-order valence-corrected chi connectivity index (χ3v) is 5.46. The lowest BCUT2D eigenvalue weighted by atomic mass is 9.79. The molecular weight excluding hydrogens is 272 g/mol. The van der Waals surface area contributed by atoms with Crippen LogP contribution in [-0.2, 0) is 5.60 Å². The molecule has 1 aliphatic heterocycles. The zero-order chi connectivity index (χ0) is 15.6. The molecule has 1 aliphatic rings. The SMILES string of the molecule is CC(C(O)(c1ccccc1)c1ccncc1)[N+]1(C)CCCC1. The molecule has 1 saturated heterocycles. The van der Waals surface area contributed by atoms with Gasteiger partial charge in [0.15, 0.2) is 5.60 Å². The molecule has 2 atom stereocenters. The number of pyridine rings is 1. The first-order valence-electron chi connectivity index (χ1n) is 8.10. The minimum absolute atomic E-state index is 0.0831. The Morgan fingerprint density at radius 1 is 1.00 bits per heavy atom. The van der Waals surface area contributed by atoms with Crippen molar-refractivity contribution in [2.75, 3.05) is 20.1 Å². The molecule has 0 amide bonds. The number of benzene rings is 1. The van der Waals surface area contributed by atoms with Gasteiger partial charge in [0.1, 0.15) is 6.04 Å². The fourth-order valence-electron chi connectivity index (χ4n) is 3.84. The first kappa shape index (κ1) is 15.2. The molecule has 1 N–H and O–H groups in total. The molecule has 0 aliphatic carbocycles. The number of aliphatic hydroxyl groups is 1. The van der Waals surface area contributed by atoms with Gasteiger partial charge in [-0.25, -0.2) is 0 Å². The molecule has 2 aromatic rings. The lowest BCUT2D eigenvalue weighted by molar-refractivity contribution is -0.927.